The van der Waals surface area contributed by atoms with Crippen LogP contribution in [0.2, 0.25) is 0 Å². The first-order valence-electron chi connectivity index (χ1n) is 4.68. The summed E-state index contributed by atoms with van der Waals surface area (Å²) in [4.78, 5) is 14.6. The Kier molecular flexibility index (Phi) is 30.0. The highest BCUT2D eigenvalue weighted by molar-refractivity contribution is 5.53. The Labute approximate surface area is 102 Å². The van der Waals surface area contributed by atoms with Crippen LogP contribution >= 0.6 is 0 Å². The van der Waals surface area contributed by atoms with Crippen LogP contribution in [0.4, 0.5) is 4.79 Å². The second kappa shape index (κ2) is 19.7. The van der Waals surface area contributed by atoms with Crippen molar-refractivity contribution in [2.75, 3.05) is 63.4 Å². The molecule has 0 aromatic rings. The highest BCUT2D eigenvalue weighted by atomic mass is 16.6. The third-order valence-corrected chi connectivity index (χ3v) is 0. The Morgan fingerprint density at radius 1 is 0.688 bits per heavy atom. The molecule has 0 unspecified atom stereocenters. The van der Waals surface area contributed by atoms with Gasteiger partial charge in [0.1, 0.15) is 0 Å². The van der Waals surface area contributed by atoms with Crippen molar-refractivity contribution in [1.29, 1.82) is 0 Å². The van der Waals surface area contributed by atoms with Crippen LogP contribution in [0.3, 0.4) is 0 Å². The summed E-state index contributed by atoms with van der Waals surface area (Å²) in [6.45, 7) is 0. The Morgan fingerprint density at radius 3 is 0.688 bits per heavy atom. The molecule has 0 radical (unpaired) electrons. The average Bonchev–Trinajstić information content (AvgIpc) is 1.76. The summed E-state index contributed by atoms with van der Waals surface area (Å²) in [7, 11) is 18.0. The maximum atomic E-state index is 8.56. The molecule has 2 N–H and O–H groups in total. The van der Waals surface area contributed by atoms with Gasteiger partial charge in [-0.1, -0.05) is 0 Å². The van der Waals surface area contributed by atoms with E-state index in [1.54, 1.807) is 0 Å². The van der Waals surface area contributed by atoms with Crippen molar-refractivity contribution in [3.8, 4) is 0 Å². The van der Waals surface area contributed by atoms with Crippen LogP contribution in [0, 0.1) is 0 Å². The number of rotatable bonds is 0. The fourth-order valence-electron chi connectivity index (χ4n) is 0. The molecule has 0 bridgehead atoms. The Bertz CT molecular complexity index is 107. The molecular formula is C10H31N3O3. The molecule has 0 saturated heterocycles. The van der Waals surface area contributed by atoms with Gasteiger partial charge in [-0.2, -0.15) is 0 Å². The van der Waals surface area contributed by atoms with Gasteiger partial charge in [-0.3, -0.25) is 0 Å². The van der Waals surface area contributed by atoms with Crippen molar-refractivity contribution >= 4 is 6.16 Å². The van der Waals surface area contributed by atoms with Gasteiger partial charge >= 0.3 is 6.16 Å². The van der Waals surface area contributed by atoms with Gasteiger partial charge in [0.2, 0.25) is 0 Å². The number of hydrogen-bond donors (Lipinski definition) is 2. The molecule has 16 heavy (non-hydrogen) atoms. The molecule has 0 fully saturated rings. The highest BCUT2D eigenvalue weighted by Gasteiger charge is 1.70. The third kappa shape index (κ3) is 2690. The number of carbonyl (C=O) groups is 1. The molecule has 6 heteroatoms. The first-order chi connectivity index (χ1) is 6.93. The molecule has 0 aliphatic rings. The fourth-order valence-corrected chi connectivity index (χ4v) is 0. The van der Waals surface area contributed by atoms with Crippen LogP contribution < -0.4 is 0 Å². The minimum atomic E-state index is -1.83. The van der Waals surface area contributed by atoms with Gasteiger partial charge in [0, 0.05) is 1.43 Å². The predicted molar refractivity (Wildman–Crippen MR) is 71.6 cm³/mol. The molecule has 0 aliphatic heterocycles. The van der Waals surface area contributed by atoms with E-state index in [-0.39, 0.29) is 1.43 Å². The van der Waals surface area contributed by atoms with E-state index in [0.29, 0.717) is 0 Å². The van der Waals surface area contributed by atoms with Crippen LogP contribution in [-0.2, 0) is 0 Å². The van der Waals surface area contributed by atoms with Crippen LogP contribution in [-0.4, -0.2) is 94.5 Å². The van der Waals surface area contributed by atoms with Gasteiger partial charge in [-0.25, -0.2) is 4.79 Å². The lowest BCUT2D eigenvalue weighted by Gasteiger charge is -1.90. The molecule has 0 aliphatic carbocycles. The van der Waals surface area contributed by atoms with Gasteiger partial charge in [-0.05, 0) is 63.4 Å². The molecule has 0 rings (SSSR count). The van der Waals surface area contributed by atoms with Gasteiger partial charge in [0.15, 0.2) is 0 Å². The van der Waals surface area contributed by atoms with E-state index in [1.165, 1.54) is 0 Å². The summed E-state index contributed by atoms with van der Waals surface area (Å²) in [5.41, 5.74) is 0. The number of hydrogen-bond acceptors (Lipinski definition) is 4. The summed E-state index contributed by atoms with van der Waals surface area (Å²) >= 11 is 0. The highest BCUT2D eigenvalue weighted by Crippen LogP contribution is 1.48. The molecule has 0 heterocycles. The van der Waals surface area contributed by atoms with Crippen molar-refractivity contribution in [2.24, 2.45) is 0 Å². The molecule has 0 spiro atoms. The van der Waals surface area contributed by atoms with Crippen LogP contribution in [0.5, 0.6) is 0 Å². The normalized spacial score (nSPS) is 8.25. The zero-order chi connectivity index (χ0) is 14.3. The van der Waals surface area contributed by atoms with E-state index < -0.39 is 6.16 Å². The van der Waals surface area contributed by atoms with E-state index in [1.807, 2.05) is 78.1 Å². The van der Waals surface area contributed by atoms with Crippen molar-refractivity contribution in [3.05, 3.63) is 0 Å². The molecule has 0 saturated carbocycles. The summed E-state index contributed by atoms with van der Waals surface area (Å²) in [6.07, 6.45) is -1.83. The zero-order valence-electron chi connectivity index (χ0n) is 12.1. The summed E-state index contributed by atoms with van der Waals surface area (Å²) in [5.74, 6) is 0. The summed E-state index contributed by atoms with van der Waals surface area (Å²) in [6, 6.07) is 0. The van der Waals surface area contributed by atoms with E-state index >= 15 is 0 Å². The second-order valence-electron chi connectivity index (χ2n) is 4.31. The average molecular weight is 241 g/mol. The summed E-state index contributed by atoms with van der Waals surface area (Å²) < 4.78 is 0. The largest absolute Gasteiger partial charge is 0.503 e. The fraction of sp³-hybridized carbons (Fsp3) is 0.900. The number of carboxylic acid groups (broad SMARTS) is 2. The molecule has 0 aromatic heterocycles. The Morgan fingerprint density at radius 2 is 0.688 bits per heavy atom. The maximum absolute atomic E-state index is 8.56. The topological polar surface area (TPSA) is 67.2 Å². The van der Waals surface area contributed by atoms with Gasteiger partial charge in [0.25, 0.3) is 0 Å². The molecule has 6 nitrogen and oxygen atoms in total. The van der Waals surface area contributed by atoms with Crippen molar-refractivity contribution in [3.63, 3.8) is 0 Å². The Balaban J connectivity index is -0.0000000369. The summed E-state index contributed by atoms with van der Waals surface area (Å²) in [5, 5.41) is 13.9. The van der Waals surface area contributed by atoms with Crippen molar-refractivity contribution in [2.45, 2.75) is 0 Å². The minimum absolute atomic E-state index is 0. The van der Waals surface area contributed by atoms with Crippen LogP contribution in [0.1, 0.15) is 1.43 Å². The Hall–Kier alpha value is -0.850. The molecule has 0 atom stereocenters. The molecule has 104 valence electrons. The smallest absolute Gasteiger partial charge is 0.450 e. The van der Waals surface area contributed by atoms with Crippen molar-refractivity contribution < 1.29 is 16.4 Å². The van der Waals surface area contributed by atoms with Gasteiger partial charge < -0.3 is 24.9 Å². The lowest BCUT2D eigenvalue weighted by molar-refractivity contribution is 0.137. The van der Waals surface area contributed by atoms with Crippen LogP contribution in [0.25, 0.3) is 0 Å². The van der Waals surface area contributed by atoms with E-state index in [9.17, 15) is 0 Å². The minimum Gasteiger partial charge on any atom is -0.450 e. The van der Waals surface area contributed by atoms with E-state index in [4.69, 9.17) is 15.0 Å². The first kappa shape index (κ1) is 24.4. The third-order valence-electron chi connectivity index (χ3n) is 0. The van der Waals surface area contributed by atoms with Gasteiger partial charge in [-0.15, -0.1) is 0 Å². The second-order valence-corrected chi connectivity index (χ2v) is 4.31. The van der Waals surface area contributed by atoms with E-state index in [2.05, 4.69) is 0 Å². The van der Waals surface area contributed by atoms with Crippen molar-refractivity contribution in [1.82, 2.24) is 14.7 Å². The number of nitrogens with zero attached hydrogens (tertiary/aromatic N) is 3. The SMILES string of the molecule is CN(C)C.CN(C)C.CN(C)C.O=C(O)O.[HH]. The molecule has 0 aromatic carbocycles. The lowest BCUT2D eigenvalue weighted by Crippen LogP contribution is -1.99. The van der Waals surface area contributed by atoms with Crippen LogP contribution in [0.15, 0.2) is 0 Å². The lowest BCUT2D eigenvalue weighted by atomic mass is 11.0. The quantitative estimate of drug-likeness (QED) is 0.659. The monoisotopic (exact) mass is 241 g/mol. The van der Waals surface area contributed by atoms with Gasteiger partial charge in [0.05, 0.1) is 0 Å². The van der Waals surface area contributed by atoms with E-state index in [0.717, 1.165) is 0 Å². The standard InChI is InChI=1S/3C3H9N.CH2O3.H2/c3*1-4(2)3;2-1(3)4;/h3*1-3H3;(H2,2,3,4);1H. The maximum Gasteiger partial charge on any atom is 0.503 e. The zero-order valence-corrected chi connectivity index (χ0v) is 12.1. The predicted octanol–water partition coefficient (Wildman–Crippen LogP) is 1.00. The molecule has 0 amide bonds. The molecular weight excluding hydrogens is 210 g/mol. The first-order valence-corrected chi connectivity index (χ1v) is 4.68.